The molecule has 2 rings (SSSR count). The molecule has 3 atom stereocenters. The van der Waals surface area contributed by atoms with Gasteiger partial charge in [0.1, 0.15) is 18.0 Å². The van der Waals surface area contributed by atoms with Gasteiger partial charge in [-0.05, 0) is 32.4 Å². The highest BCUT2D eigenvalue weighted by atomic mass is 16.6. The quantitative estimate of drug-likeness (QED) is 0.660. The highest BCUT2D eigenvalue weighted by Gasteiger charge is 2.43. The lowest BCUT2D eigenvalue weighted by molar-refractivity contribution is -0.385. The van der Waals surface area contributed by atoms with E-state index in [1.54, 1.807) is 13.0 Å². The fourth-order valence-electron chi connectivity index (χ4n) is 2.39. The summed E-state index contributed by atoms with van der Waals surface area (Å²) in [7, 11) is 0. The van der Waals surface area contributed by atoms with Gasteiger partial charge >= 0.3 is 0 Å². The molecule has 1 saturated carbocycles. The molecule has 0 radical (unpaired) electrons. The number of aliphatic hydroxyl groups is 1. The summed E-state index contributed by atoms with van der Waals surface area (Å²) < 4.78 is 11.2. The molecule has 1 fully saturated rings. The number of nitro benzene ring substituents is 1. The maximum atomic E-state index is 11.0. The van der Waals surface area contributed by atoms with Gasteiger partial charge in [-0.3, -0.25) is 10.1 Å². The van der Waals surface area contributed by atoms with E-state index >= 15 is 0 Å². The zero-order valence-electron chi connectivity index (χ0n) is 11.8. The molecule has 0 amide bonds. The molecule has 1 aliphatic rings. The maximum Gasteiger partial charge on any atom is 0.276 e. The first-order valence-electron chi connectivity index (χ1n) is 6.66. The van der Waals surface area contributed by atoms with Crippen LogP contribution in [0.15, 0.2) is 12.1 Å². The third-order valence-electron chi connectivity index (χ3n) is 3.55. The van der Waals surface area contributed by atoms with E-state index in [2.05, 4.69) is 0 Å². The van der Waals surface area contributed by atoms with Gasteiger partial charge in [0, 0.05) is 18.6 Å². The van der Waals surface area contributed by atoms with Crippen LogP contribution in [-0.4, -0.2) is 34.9 Å². The summed E-state index contributed by atoms with van der Waals surface area (Å²) in [6, 6.07) is 3.18. The molecule has 1 N–H and O–H groups in total. The van der Waals surface area contributed by atoms with E-state index in [1.165, 1.54) is 6.07 Å². The maximum absolute atomic E-state index is 11.0. The van der Waals surface area contributed by atoms with Gasteiger partial charge in [0.2, 0.25) is 0 Å². The molecule has 6 nitrogen and oxygen atoms in total. The van der Waals surface area contributed by atoms with E-state index in [9.17, 15) is 15.2 Å². The lowest BCUT2D eigenvalue weighted by Crippen LogP contribution is -2.55. The fourth-order valence-corrected chi connectivity index (χ4v) is 2.39. The second-order valence-electron chi connectivity index (χ2n) is 5.04. The predicted octanol–water partition coefficient (Wildman–Crippen LogP) is 2.13. The number of aliphatic hydroxyl groups excluding tert-OH is 1. The van der Waals surface area contributed by atoms with Crippen LogP contribution in [0.1, 0.15) is 24.5 Å². The third kappa shape index (κ3) is 2.76. The Balaban J connectivity index is 2.17. The predicted molar refractivity (Wildman–Crippen MR) is 73.0 cm³/mol. The second kappa shape index (κ2) is 5.76. The zero-order valence-corrected chi connectivity index (χ0v) is 11.8. The molecule has 1 aromatic rings. The van der Waals surface area contributed by atoms with Crippen molar-refractivity contribution < 1.29 is 19.5 Å². The van der Waals surface area contributed by atoms with Crippen LogP contribution in [0.3, 0.4) is 0 Å². The molecule has 1 aromatic carbocycles. The standard InChI is InChI=1S/C14H19NO5/c1-4-19-14-11(16)7-13(14)20-12-6-10(15(17)18)8(2)5-9(12)3/h5-6,11,13-14,16H,4,7H2,1-3H3. The Labute approximate surface area is 117 Å². The largest absolute Gasteiger partial charge is 0.487 e. The lowest BCUT2D eigenvalue weighted by Gasteiger charge is -2.40. The van der Waals surface area contributed by atoms with Crippen molar-refractivity contribution in [2.45, 2.75) is 45.5 Å². The number of aryl methyl sites for hydroxylation is 2. The molecule has 0 saturated heterocycles. The smallest absolute Gasteiger partial charge is 0.276 e. The number of nitro groups is 1. The van der Waals surface area contributed by atoms with Gasteiger partial charge in [0.25, 0.3) is 5.69 Å². The summed E-state index contributed by atoms with van der Waals surface area (Å²) in [5.74, 6) is 0.476. The number of ether oxygens (including phenoxy) is 2. The third-order valence-corrected chi connectivity index (χ3v) is 3.55. The van der Waals surface area contributed by atoms with Crippen molar-refractivity contribution in [3.63, 3.8) is 0 Å². The van der Waals surface area contributed by atoms with Crippen LogP contribution in [0.2, 0.25) is 0 Å². The summed E-state index contributed by atoms with van der Waals surface area (Å²) in [6.07, 6.45) is -0.669. The molecular weight excluding hydrogens is 262 g/mol. The van der Waals surface area contributed by atoms with Crippen LogP contribution >= 0.6 is 0 Å². The average molecular weight is 281 g/mol. The molecular formula is C14H19NO5. The summed E-state index contributed by atoms with van der Waals surface area (Å²) in [6.45, 7) is 5.89. The Bertz CT molecular complexity index is 517. The number of nitrogens with zero attached hydrogens (tertiary/aromatic N) is 1. The number of hydrogen-bond donors (Lipinski definition) is 1. The van der Waals surface area contributed by atoms with Gasteiger partial charge in [0.05, 0.1) is 17.1 Å². The first kappa shape index (κ1) is 14.7. The number of benzene rings is 1. The van der Waals surface area contributed by atoms with Gasteiger partial charge in [-0.15, -0.1) is 0 Å². The molecule has 0 spiro atoms. The molecule has 0 bridgehead atoms. The van der Waals surface area contributed by atoms with E-state index in [-0.39, 0.29) is 17.9 Å². The SMILES string of the molecule is CCOC1C(O)CC1Oc1cc([N+](=O)[O-])c(C)cc1C. The Hall–Kier alpha value is -1.66. The monoisotopic (exact) mass is 281 g/mol. The second-order valence-corrected chi connectivity index (χ2v) is 5.04. The topological polar surface area (TPSA) is 81.8 Å². The van der Waals surface area contributed by atoms with Crippen LogP contribution in [0.5, 0.6) is 5.75 Å². The molecule has 6 heteroatoms. The molecule has 0 aliphatic heterocycles. The number of hydrogen-bond acceptors (Lipinski definition) is 5. The lowest BCUT2D eigenvalue weighted by atomic mass is 9.88. The van der Waals surface area contributed by atoms with Crippen molar-refractivity contribution in [1.82, 2.24) is 0 Å². The van der Waals surface area contributed by atoms with E-state index < -0.39 is 11.0 Å². The molecule has 0 heterocycles. The van der Waals surface area contributed by atoms with Crippen molar-refractivity contribution in [2.24, 2.45) is 0 Å². The Morgan fingerprint density at radius 2 is 2.10 bits per heavy atom. The van der Waals surface area contributed by atoms with Crippen LogP contribution in [-0.2, 0) is 4.74 Å². The summed E-state index contributed by atoms with van der Waals surface area (Å²) in [5, 5.41) is 20.6. The Morgan fingerprint density at radius 1 is 1.40 bits per heavy atom. The minimum atomic E-state index is -0.527. The molecule has 110 valence electrons. The highest BCUT2D eigenvalue weighted by molar-refractivity contribution is 5.49. The normalized spacial score (nSPS) is 25.1. The molecule has 3 unspecified atom stereocenters. The van der Waals surface area contributed by atoms with Crippen LogP contribution < -0.4 is 4.74 Å². The van der Waals surface area contributed by atoms with Crippen molar-refractivity contribution in [3.8, 4) is 5.75 Å². The molecule has 0 aromatic heterocycles. The zero-order chi connectivity index (χ0) is 14.9. The van der Waals surface area contributed by atoms with Gasteiger partial charge in [-0.25, -0.2) is 0 Å². The van der Waals surface area contributed by atoms with Crippen molar-refractivity contribution in [3.05, 3.63) is 33.4 Å². The fraction of sp³-hybridized carbons (Fsp3) is 0.571. The Kier molecular flexibility index (Phi) is 4.25. The summed E-state index contributed by atoms with van der Waals surface area (Å²) in [4.78, 5) is 10.5. The van der Waals surface area contributed by atoms with Crippen molar-refractivity contribution in [2.75, 3.05) is 6.61 Å². The van der Waals surface area contributed by atoms with Crippen LogP contribution in [0, 0.1) is 24.0 Å². The first-order valence-corrected chi connectivity index (χ1v) is 6.66. The van der Waals surface area contributed by atoms with E-state index in [0.717, 1.165) is 5.56 Å². The van der Waals surface area contributed by atoms with Crippen molar-refractivity contribution >= 4 is 5.69 Å². The highest BCUT2D eigenvalue weighted by Crippen LogP contribution is 2.33. The molecule has 20 heavy (non-hydrogen) atoms. The van der Waals surface area contributed by atoms with Gasteiger partial charge in [0.15, 0.2) is 0 Å². The van der Waals surface area contributed by atoms with Crippen LogP contribution in [0.25, 0.3) is 0 Å². The minimum absolute atomic E-state index is 0.0402. The summed E-state index contributed by atoms with van der Waals surface area (Å²) in [5.41, 5.74) is 1.48. The molecule has 1 aliphatic carbocycles. The first-order chi connectivity index (χ1) is 9.43. The van der Waals surface area contributed by atoms with Crippen LogP contribution in [0.4, 0.5) is 5.69 Å². The van der Waals surface area contributed by atoms with E-state index in [1.807, 2.05) is 13.8 Å². The summed E-state index contributed by atoms with van der Waals surface area (Å²) >= 11 is 0. The average Bonchev–Trinajstić information content (AvgIpc) is 2.37. The van der Waals surface area contributed by atoms with Gasteiger partial charge < -0.3 is 14.6 Å². The van der Waals surface area contributed by atoms with Gasteiger partial charge in [-0.1, -0.05) is 0 Å². The van der Waals surface area contributed by atoms with E-state index in [0.29, 0.717) is 24.3 Å². The van der Waals surface area contributed by atoms with Gasteiger partial charge in [-0.2, -0.15) is 0 Å². The van der Waals surface area contributed by atoms with Crippen molar-refractivity contribution in [1.29, 1.82) is 0 Å². The van der Waals surface area contributed by atoms with E-state index in [4.69, 9.17) is 9.47 Å². The minimum Gasteiger partial charge on any atom is -0.487 e. The number of rotatable bonds is 5. The Morgan fingerprint density at radius 3 is 2.65 bits per heavy atom.